The summed E-state index contributed by atoms with van der Waals surface area (Å²) in [7, 11) is 0. The molecular formula is C20H17NO2S. The van der Waals surface area contributed by atoms with Gasteiger partial charge in [0, 0.05) is 23.1 Å². The predicted molar refractivity (Wildman–Crippen MR) is 95.8 cm³/mol. The lowest BCUT2D eigenvalue weighted by molar-refractivity contribution is 0.0892. The van der Waals surface area contributed by atoms with Gasteiger partial charge in [-0.1, -0.05) is 42.0 Å². The van der Waals surface area contributed by atoms with Crippen LogP contribution in [-0.2, 0) is 0 Å². The van der Waals surface area contributed by atoms with Crippen LogP contribution in [0.2, 0.25) is 0 Å². The second kappa shape index (κ2) is 7.32. The average Bonchev–Trinajstić information content (AvgIpc) is 3.14. The van der Waals surface area contributed by atoms with Gasteiger partial charge in [0.05, 0.1) is 5.92 Å². The van der Waals surface area contributed by atoms with E-state index in [4.69, 9.17) is 0 Å². The van der Waals surface area contributed by atoms with Gasteiger partial charge in [-0.05, 0) is 30.5 Å². The number of thiophene rings is 1. The quantitative estimate of drug-likeness (QED) is 0.614. The highest BCUT2D eigenvalue weighted by Gasteiger charge is 2.26. The van der Waals surface area contributed by atoms with Gasteiger partial charge in [-0.25, -0.2) is 0 Å². The van der Waals surface area contributed by atoms with Crippen molar-refractivity contribution < 1.29 is 9.59 Å². The molecule has 0 aliphatic carbocycles. The van der Waals surface area contributed by atoms with E-state index in [-0.39, 0.29) is 18.0 Å². The maximum Gasteiger partial charge on any atom is 0.182 e. The van der Waals surface area contributed by atoms with E-state index in [1.54, 1.807) is 24.4 Å². The number of ketones is 2. The molecule has 2 aromatic heterocycles. The van der Waals surface area contributed by atoms with E-state index >= 15 is 0 Å². The van der Waals surface area contributed by atoms with Crippen molar-refractivity contribution in [3.8, 4) is 0 Å². The van der Waals surface area contributed by atoms with E-state index in [1.165, 1.54) is 11.3 Å². The van der Waals surface area contributed by atoms with Crippen LogP contribution in [0.1, 0.15) is 43.6 Å². The Morgan fingerprint density at radius 2 is 1.83 bits per heavy atom. The van der Waals surface area contributed by atoms with Crippen molar-refractivity contribution >= 4 is 22.9 Å². The Hall–Kier alpha value is -2.59. The fraction of sp³-hybridized carbons (Fsp3) is 0.150. The van der Waals surface area contributed by atoms with Crippen molar-refractivity contribution in [3.05, 3.63) is 87.9 Å². The smallest absolute Gasteiger partial charge is 0.182 e. The normalized spacial score (nSPS) is 11.9. The maximum atomic E-state index is 13.0. The molecule has 0 saturated heterocycles. The van der Waals surface area contributed by atoms with Crippen molar-refractivity contribution in [3.63, 3.8) is 0 Å². The molecule has 0 N–H and O–H groups in total. The Bertz CT molecular complexity index is 824. The summed E-state index contributed by atoms with van der Waals surface area (Å²) in [6.07, 6.45) is 1.72. The molecule has 0 amide bonds. The zero-order valence-corrected chi connectivity index (χ0v) is 14.1. The van der Waals surface area contributed by atoms with E-state index in [1.807, 2.05) is 48.7 Å². The highest BCUT2D eigenvalue weighted by molar-refractivity contribution is 7.10. The van der Waals surface area contributed by atoms with E-state index in [2.05, 4.69) is 4.98 Å². The third-order valence-electron chi connectivity index (χ3n) is 3.88. The third-order valence-corrected chi connectivity index (χ3v) is 4.87. The molecule has 3 rings (SSSR count). The molecule has 24 heavy (non-hydrogen) atoms. The number of hydrogen-bond acceptors (Lipinski definition) is 4. The average molecular weight is 335 g/mol. The van der Waals surface area contributed by atoms with Crippen LogP contribution < -0.4 is 0 Å². The molecule has 3 nitrogen and oxygen atoms in total. The summed E-state index contributed by atoms with van der Waals surface area (Å²) in [4.78, 5) is 30.5. The zero-order valence-electron chi connectivity index (χ0n) is 13.3. The fourth-order valence-corrected chi connectivity index (χ4v) is 3.37. The molecule has 2 heterocycles. The first-order valence-corrected chi connectivity index (χ1v) is 8.61. The predicted octanol–water partition coefficient (Wildman–Crippen LogP) is 4.69. The zero-order chi connectivity index (χ0) is 16.9. The van der Waals surface area contributed by atoms with Crippen LogP contribution in [-0.4, -0.2) is 16.6 Å². The van der Waals surface area contributed by atoms with Crippen molar-refractivity contribution in [1.82, 2.24) is 4.98 Å². The van der Waals surface area contributed by atoms with Gasteiger partial charge in [-0.15, -0.1) is 11.3 Å². The number of nitrogens with zero attached hydrogens (tertiary/aromatic N) is 1. The SMILES string of the molecule is Cc1ccc(C(=O)C(CC(=O)c2ccccn2)c2cccs2)cc1. The molecule has 0 aliphatic rings. The molecule has 0 radical (unpaired) electrons. The Kier molecular flexibility index (Phi) is 4.96. The van der Waals surface area contributed by atoms with Gasteiger partial charge in [0.1, 0.15) is 5.69 Å². The van der Waals surface area contributed by atoms with Crippen LogP contribution in [0.15, 0.2) is 66.2 Å². The summed E-state index contributed by atoms with van der Waals surface area (Å²) in [6, 6.07) is 16.5. The van der Waals surface area contributed by atoms with Crippen molar-refractivity contribution in [2.24, 2.45) is 0 Å². The van der Waals surface area contributed by atoms with Crippen LogP contribution in [0.5, 0.6) is 0 Å². The van der Waals surface area contributed by atoms with Gasteiger partial charge in [0.15, 0.2) is 11.6 Å². The molecule has 0 bridgehead atoms. The second-order valence-corrected chi connectivity index (χ2v) is 6.62. The number of pyridine rings is 1. The molecule has 0 saturated carbocycles. The van der Waals surface area contributed by atoms with Gasteiger partial charge in [-0.3, -0.25) is 14.6 Å². The molecule has 0 aliphatic heterocycles. The Balaban J connectivity index is 1.88. The number of aromatic nitrogens is 1. The summed E-state index contributed by atoms with van der Waals surface area (Å²) < 4.78 is 0. The largest absolute Gasteiger partial charge is 0.293 e. The lowest BCUT2D eigenvalue weighted by Gasteiger charge is -2.14. The number of Topliss-reactive ketones (excluding diaryl/α,β-unsaturated/α-hetero) is 2. The molecule has 1 unspecified atom stereocenters. The van der Waals surface area contributed by atoms with Gasteiger partial charge in [-0.2, -0.15) is 0 Å². The molecular weight excluding hydrogens is 318 g/mol. The number of rotatable bonds is 6. The first-order valence-electron chi connectivity index (χ1n) is 7.73. The number of carbonyl (C=O) groups excluding carboxylic acids is 2. The minimum atomic E-state index is -0.470. The maximum absolute atomic E-state index is 13.0. The molecule has 0 spiro atoms. The van der Waals surface area contributed by atoms with Crippen molar-refractivity contribution in [2.75, 3.05) is 0 Å². The van der Waals surface area contributed by atoms with Crippen LogP contribution in [0.4, 0.5) is 0 Å². The Morgan fingerprint density at radius 1 is 1.04 bits per heavy atom. The van der Waals surface area contributed by atoms with Gasteiger partial charge in [0.25, 0.3) is 0 Å². The van der Waals surface area contributed by atoms with E-state index in [9.17, 15) is 9.59 Å². The monoisotopic (exact) mass is 335 g/mol. The molecule has 4 heteroatoms. The number of aryl methyl sites for hydroxylation is 1. The highest BCUT2D eigenvalue weighted by atomic mass is 32.1. The van der Waals surface area contributed by atoms with E-state index < -0.39 is 5.92 Å². The molecule has 0 fully saturated rings. The number of hydrogen-bond donors (Lipinski definition) is 0. The van der Waals surface area contributed by atoms with Crippen LogP contribution >= 0.6 is 11.3 Å². The van der Waals surface area contributed by atoms with Gasteiger partial charge >= 0.3 is 0 Å². The Labute approximate surface area is 145 Å². The Morgan fingerprint density at radius 3 is 2.46 bits per heavy atom. The molecule has 1 atom stereocenters. The first-order chi connectivity index (χ1) is 11.6. The van der Waals surface area contributed by atoms with Crippen LogP contribution in [0.25, 0.3) is 0 Å². The molecule has 120 valence electrons. The second-order valence-electron chi connectivity index (χ2n) is 5.64. The molecule has 3 aromatic rings. The topological polar surface area (TPSA) is 47.0 Å². The highest BCUT2D eigenvalue weighted by Crippen LogP contribution is 2.29. The van der Waals surface area contributed by atoms with Gasteiger partial charge in [0.2, 0.25) is 0 Å². The van der Waals surface area contributed by atoms with Crippen LogP contribution in [0, 0.1) is 6.92 Å². The molecule has 1 aromatic carbocycles. The van der Waals surface area contributed by atoms with E-state index in [0.717, 1.165) is 10.4 Å². The third kappa shape index (κ3) is 3.66. The summed E-state index contributed by atoms with van der Waals surface area (Å²) in [5.41, 5.74) is 2.13. The minimum Gasteiger partial charge on any atom is -0.293 e. The summed E-state index contributed by atoms with van der Waals surface area (Å²) in [6.45, 7) is 1.98. The van der Waals surface area contributed by atoms with Gasteiger partial charge < -0.3 is 0 Å². The minimum absolute atomic E-state index is 0.0262. The standard InChI is InChI=1S/C20H17NO2S/c1-14-7-9-15(10-8-14)20(23)16(19-6-4-12-24-19)13-18(22)17-5-2-3-11-21-17/h2-12,16H,13H2,1H3. The van der Waals surface area contributed by atoms with Crippen molar-refractivity contribution in [2.45, 2.75) is 19.3 Å². The van der Waals surface area contributed by atoms with Crippen molar-refractivity contribution in [1.29, 1.82) is 0 Å². The number of carbonyl (C=O) groups is 2. The first kappa shape index (κ1) is 16.3. The van der Waals surface area contributed by atoms with Crippen LogP contribution in [0.3, 0.4) is 0 Å². The lowest BCUT2D eigenvalue weighted by atomic mass is 9.90. The summed E-state index contributed by atoms with van der Waals surface area (Å²) in [5, 5.41) is 1.93. The number of benzene rings is 1. The lowest BCUT2D eigenvalue weighted by Crippen LogP contribution is -2.17. The fourth-order valence-electron chi connectivity index (χ4n) is 2.55. The summed E-state index contributed by atoms with van der Waals surface area (Å²) >= 11 is 1.50. The van der Waals surface area contributed by atoms with E-state index in [0.29, 0.717) is 11.3 Å². The summed E-state index contributed by atoms with van der Waals surface area (Å²) in [5.74, 6) is -0.613.